The van der Waals surface area contributed by atoms with Gasteiger partial charge in [0, 0.05) is 10.6 Å². The topological polar surface area (TPSA) is 76.7 Å². The maximum absolute atomic E-state index is 12.4. The maximum atomic E-state index is 12.4. The van der Waals surface area contributed by atoms with Gasteiger partial charge >= 0.3 is 5.97 Å². The Morgan fingerprint density at radius 3 is 2.81 bits per heavy atom. The Labute approximate surface area is 166 Å². The molecular formula is C19H21ClN2O4S. The van der Waals surface area contributed by atoms with Crippen molar-refractivity contribution in [1.82, 2.24) is 0 Å². The molecule has 144 valence electrons. The number of ether oxygens (including phenoxy) is 2. The van der Waals surface area contributed by atoms with Crippen molar-refractivity contribution in [3.63, 3.8) is 0 Å². The molecule has 0 saturated carbocycles. The Morgan fingerprint density at radius 2 is 2.11 bits per heavy atom. The lowest BCUT2D eigenvalue weighted by Gasteiger charge is -2.10. The molecule has 0 bridgehead atoms. The van der Waals surface area contributed by atoms with E-state index in [1.165, 1.54) is 11.3 Å². The summed E-state index contributed by atoms with van der Waals surface area (Å²) < 4.78 is 10.3. The Bertz CT molecular complexity index is 866. The third-order valence-corrected chi connectivity index (χ3v) is 5.76. The number of hydrogen-bond donors (Lipinski definition) is 2. The Balaban J connectivity index is 1.67. The van der Waals surface area contributed by atoms with Crippen LogP contribution in [0, 0.1) is 0 Å². The van der Waals surface area contributed by atoms with Gasteiger partial charge in [-0.1, -0.05) is 11.6 Å². The average Bonchev–Trinajstić information content (AvgIpc) is 3.20. The second-order valence-corrected chi connectivity index (χ2v) is 7.55. The number of halogens is 1. The summed E-state index contributed by atoms with van der Waals surface area (Å²) in [6, 6.07) is 5.20. The molecule has 0 atom stereocenters. The lowest BCUT2D eigenvalue weighted by molar-refractivity contribution is -0.114. The van der Waals surface area contributed by atoms with Gasteiger partial charge in [-0.05, 0) is 49.9 Å². The molecular weight excluding hydrogens is 388 g/mol. The summed E-state index contributed by atoms with van der Waals surface area (Å²) in [6.45, 7) is 2.12. The number of rotatable bonds is 7. The number of methoxy groups -OCH3 is 1. The van der Waals surface area contributed by atoms with Crippen LogP contribution in [0.5, 0.6) is 5.75 Å². The van der Waals surface area contributed by atoms with Crippen molar-refractivity contribution in [3.8, 4) is 5.75 Å². The van der Waals surface area contributed by atoms with Gasteiger partial charge < -0.3 is 20.1 Å². The van der Waals surface area contributed by atoms with Gasteiger partial charge in [-0.3, -0.25) is 4.79 Å². The lowest BCUT2D eigenvalue weighted by atomic mass is 10.1. The first-order valence-corrected chi connectivity index (χ1v) is 9.91. The number of nitrogens with one attached hydrogen (secondary N) is 2. The first kappa shape index (κ1) is 19.5. The zero-order chi connectivity index (χ0) is 19.4. The molecule has 1 aromatic carbocycles. The number of amides is 1. The van der Waals surface area contributed by atoms with E-state index in [1.54, 1.807) is 32.2 Å². The number of fused-ring (bicyclic) bond motifs is 1. The summed E-state index contributed by atoms with van der Waals surface area (Å²) in [5.74, 6) is -0.0478. The van der Waals surface area contributed by atoms with Crippen LogP contribution in [-0.2, 0) is 22.4 Å². The van der Waals surface area contributed by atoms with Gasteiger partial charge in [0.2, 0.25) is 5.91 Å². The van der Waals surface area contributed by atoms with Crippen LogP contribution < -0.4 is 15.4 Å². The van der Waals surface area contributed by atoms with E-state index in [2.05, 4.69) is 10.6 Å². The molecule has 1 amide bonds. The zero-order valence-corrected chi connectivity index (χ0v) is 16.8. The summed E-state index contributed by atoms with van der Waals surface area (Å²) >= 11 is 7.55. The standard InChI is InChI=1S/C19H21ClN2O4S/c1-3-26-19(24)17-12-5-4-6-15(12)27-18(17)22-16(23)10-21-11-7-8-14(25-2)13(20)9-11/h7-9,21H,3-6,10H2,1-2H3,(H,22,23). The van der Waals surface area contributed by atoms with Crippen LogP contribution in [0.15, 0.2) is 18.2 Å². The molecule has 0 fully saturated rings. The molecule has 1 heterocycles. The molecule has 0 spiro atoms. The minimum Gasteiger partial charge on any atom is -0.495 e. The van der Waals surface area contributed by atoms with Gasteiger partial charge in [-0.25, -0.2) is 4.79 Å². The number of carbonyl (C=O) groups is 2. The highest BCUT2D eigenvalue weighted by atomic mass is 35.5. The molecule has 1 aromatic heterocycles. The molecule has 0 unspecified atom stereocenters. The molecule has 2 N–H and O–H groups in total. The van der Waals surface area contributed by atoms with Crippen molar-refractivity contribution >= 4 is 45.5 Å². The third kappa shape index (κ3) is 4.36. The predicted octanol–water partition coefficient (Wildman–Crippen LogP) is 4.13. The molecule has 6 nitrogen and oxygen atoms in total. The summed E-state index contributed by atoms with van der Waals surface area (Å²) in [4.78, 5) is 25.9. The normalized spacial score (nSPS) is 12.4. The molecule has 0 radical (unpaired) electrons. The summed E-state index contributed by atoms with van der Waals surface area (Å²) in [7, 11) is 1.54. The first-order valence-electron chi connectivity index (χ1n) is 8.72. The first-order chi connectivity index (χ1) is 13.0. The van der Waals surface area contributed by atoms with Crippen LogP contribution in [0.1, 0.15) is 34.1 Å². The number of carbonyl (C=O) groups excluding carboxylic acids is 2. The van der Waals surface area contributed by atoms with E-state index in [-0.39, 0.29) is 18.4 Å². The van der Waals surface area contributed by atoms with E-state index in [4.69, 9.17) is 21.1 Å². The maximum Gasteiger partial charge on any atom is 0.341 e. The third-order valence-electron chi connectivity index (χ3n) is 4.26. The summed E-state index contributed by atoms with van der Waals surface area (Å²) in [5.41, 5.74) is 2.23. The fourth-order valence-electron chi connectivity index (χ4n) is 3.04. The van der Waals surface area contributed by atoms with Gasteiger partial charge in [-0.15, -0.1) is 11.3 Å². The minimum absolute atomic E-state index is 0.0491. The van der Waals surface area contributed by atoms with Gasteiger partial charge in [-0.2, -0.15) is 0 Å². The summed E-state index contributed by atoms with van der Waals surface area (Å²) in [5, 5.41) is 6.89. The lowest BCUT2D eigenvalue weighted by Crippen LogP contribution is -2.22. The molecule has 0 saturated heterocycles. The second-order valence-electron chi connectivity index (χ2n) is 6.03. The van der Waals surface area contributed by atoms with Gasteiger partial charge in [0.25, 0.3) is 0 Å². The summed E-state index contributed by atoms with van der Waals surface area (Å²) in [6.07, 6.45) is 2.81. The zero-order valence-electron chi connectivity index (χ0n) is 15.2. The largest absolute Gasteiger partial charge is 0.495 e. The van der Waals surface area contributed by atoms with Crippen molar-refractivity contribution in [1.29, 1.82) is 0 Å². The van der Waals surface area contributed by atoms with Crippen LogP contribution in [0.3, 0.4) is 0 Å². The number of thiophene rings is 1. The van der Waals surface area contributed by atoms with Crippen LogP contribution in [0.4, 0.5) is 10.7 Å². The van der Waals surface area contributed by atoms with Crippen LogP contribution in [0.2, 0.25) is 5.02 Å². The predicted molar refractivity (Wildman–Crippen MR) is 107 cm³/mol. The van der Waals surface area contributed by atoms with Crippen molar-refractivity contribution in [2.75, 3.05) is 30.9 Å². The fraction of sp³-hybridized carbons (Fsp3) is 0.368. The Kier molecular flexibility index (Phi) is 6.23. The highest BCUT2D eigenvalue weighted by Gasteiger charge is 2.28. The average molecular weight is 409 g/mol. The number of benzene rings is 1. The van der Waals surface area contributed by atoms with E-state index < -0.39 is 0 Å². The number of anilines is 2. The van der Waals surface area contributed by atoms with E-state index in [0.717, 1.165) is 29.7 Å². The monoisotopic (exact) mass is 408 g/mol. The van der Waals surface area contributed by atoms with Crippen molar-refractivity contribution in [2.45, 2.75) is 26.2 Å². The van der Waals surface area contributed by atoms with Gasteiger partial charge in [0.1, 0.15) is 10.8 Å². The molecule has 2 aromatic rings. The van der Waals surface area contributed by atoms with Crippen LogP contribution in [0.25, 0.3) is 0 Å². The Hall–Kier alpha value is -2.25. The highest BCUT2D eigenvalue weighted by molar-refractivity contribution is 7.17. The molecule has 3 rings (SSSR count). The fourth-order valence-corrected chi connectivity index (χ4v) is 4.59. The van der Waals surface area contributed by atoms with E-state index >= 15 is 0 Å². The number of hydrogen-bond acceptors (Lipinski definition) is 6. The highest BCUT2D eigenvalue weighted by Crippen LogP contribution is 2.39. The number of aryl methyl sites for hydroxylation is 1. The van der Waals surface area contributed by atoms with E-state index in [0.29, 0.717) is 33.6 Å². The number of esters is 1. The minimum atomic E-state index is -0.373. The van der Waals surface area contributed by atoms with Crippen molar-refractivity contribution in [3.05, 3.63) is 39.2 Å². The second kappa shape index (κ2) is 8.63. The van der Waals surface area contributed by atoms with E-state index in [9.17, 15) is 9.59 Å². The molecule has 1 aliphatic rings. The molecule has 27 heavy (non-hydrogen) atoms. The van der Waals surface area contributed by atoms with Gasteiger partial charge in [0.05, 0.1) is 30.8 Å². The van der Waals surface area contributed by atoms with Crippen LogP contribution >= 0.6 is 22.9 Å². The van der Waals surface area contributed by atoms with Crippen molar-refractivity contribution < 1.29 is 19.1 Å². The van der Waals surface area contributed by atoms with Gasteiger partial charge in [0.15, 0.2) is 0 Å². The van der Waals surface area contributed by atoms with E-state index in [1.807, 2.05) is 0 Å². The smallest absolute Gasteiger partial charge is 0.341 e. The Morgan fingerprint density at radius 1 is 1.30 bits per heavy atom. The molecule has 1 aliphatic carbocycles. The van der Waals surface area contributed by atoms with Crippen molar-refractivity contribution in [2.24, 2.45) is 0 Å². The molecule has 0 aliphatic heterocycles. The quantitative estimate of drug-likeness (QED) is 0.674. The SMILES string of the molecule is CCOC(=O)c1c(NC(=O)CNc2ccc(OC)c(Cl)c2)sc2c1CCC2. The molecule has 8 heteroatoms. The van der Waals surface area contributed by atoms with Crippen LogP contribution in [-0.4, -0.2) is 32.1 Å².